The summed E-state index contributed by atoms with van der Waals surface area (Å²) in [6.07, 6.45) is -1.15. The number of aromatic amines is 1. The van der Waals surface area contributed by atoms with Crippen LogP contribution in [0.4, 0.5) is 0 Å². The molecule has 2 aromatic rings. The summed E-state index contributed by atoms with van der Waals surface area (Å²) in [7, 11) is -1.13. The minimum Gasteiger partial charge on any atom is -0.380 e. The minimum atomic E-state index is -3.86. The van der Waals surface area contributed by atoms with E-state index in [-0.39, 0.29) is 16.5 Å². The third-order valence-corrected chi connectivity index (χ3v) is 5.58. The van der Waals surface area contributed by atoms with E-state index in [9.17, 15) is 18.8 Å². The molecule has 1 aromatic heterocycles. The Balaban J connectivity index is 2.60. The topological polar surface area (TPSA) is 110 Å². The molecule has 0 radical (unpaired) electrons. The molecular weight excluding hydrogens is 328 g/mol. The van der Waals surface area contributed by atoms with E-state index in [1.807, 2.05) is 32.9 Å². The van der Waals surface area contributed by atoms with Crippen LogP contribution in [0.15, 0.2) is 17.2 Å². The van der Waals surface area contributed by atoms with Crippen LogP contribution < -0.4 is 0 Å². The molecule has 0 bridgehead atoms. The Morgan fingerprint density at radius 3 is 2.25 bits per heavy atom. The molecule has 8 heteroatoms. The van der Waals surface area contributed by atoms with E-state index in [2.05, 4.69) is 9.97 Å². The quantitative estimate of drug-likeness (QED) is 0.871. The van der Waals surface area contributed by atoms with Crippen molar-refractivity contribution in [3.05, 3.63) is 45.9 Å². The van der Waals surface area contributed by atoms with Gasteiger partial charge < -0.3 is 10.1 Å². The van der Waals surface area contributed by atoms with E-state index in [1.165, 1.54) is 14.1 Å². The highest BCUT2D eigenvalue weighted by molar-refractivity contribution is 7.89. The standard InChI is InChI=1S/C16H20N4O3S/c1-9-6-10(2)13(11(3)7-9)14(21)15-18-12(8-17)16(19-15)24(22,23)20(4)5/h6-7,14,21H,1-5H3,(H,18,19). The Bertz CT molecular complexity index is 900. The van der Waals surface area contributed by atoms with Gasteiger partial charge in [-0.2, -0.15) is 5.26 Å². The largest absolute Gasteiger partial charge is 0.380 e. The van der Waals surface area contributed by atoms with Crippen molar-refractivity contribution in [3.8, 4) is 6.07 Å². The summed E-state index contributed by atoms with van der Waals surface area (Å²) in [5.74, 6) is 0.0297. The van der Waals surface area contributed by atoms with Crippen LogP contribution in [0.5, 0.6) is 0 Å². The molecule has 0 saturated carbocycles. The number of sulfonamides is 1. The summed E-state index contributed by atoms with van der Waals surface area (Å²) in [5.41, 5.74) is 3.18. The van der Waals surface area contributed by atoms with Crippen LogP contribution in [0.25, 0.3) is 0 Å². The SMILES string of the molecule is Cc1cc(C)c(C(O)c2nc(C#N)c(S(=O)(=O)N(C)C)[nH]2)c(C)c1. The molecule has 1 atom stereocenters. The minimum absolute atomic E-state index is 0.0297. The van der Waals surface area contributed by atoms with Crippen LogP contribution >= 0.6 is 0 Å². The lowest BCUT2D eigenvalue weighted by Gasteiger charge is -2.16. The molecule has 128 valence electrons. The maximum atomic E-state index is 12.3. The first-order chi connectivity index (χ1) is 11.1. The number of hydrogen-bond donors (Lipinski definition) is 2. The van der Waals surface area contributed by atoms with Crippen molar-refractivity contribution in [1.29, 1.82) is 5.26 Å². The molecule has 0 aliphatic heterocycles. The van der Waals surface area contributed by atoms with Crippen LogP contribution in [-0.4, -0.2) is 41.9 Å². The number of nitrogens with zero attached hydrogens (tertiary/aromatic N) is 3. The van der Waals surface area contributed by atoms with Crippen molar-refractivity contribution < 1.29 is 13.5 Å². The number of aliphatic hydroxyl groups is 1. The highest BCUT2D eigenvalue weighted by Gasteiger charge is 2.28. The van der Waals surface area contributed by atoms with E-state index >= 15 is 0 Å². The van der Waals surface area contributed by atoms with Crippen molar-refractivity contribution in [2.45, 2.75) is 31.9 Å². The Morgan fingerprint density at radius 2 is 1.79 bits per heavy atom. The fraction of sp³-hybridized carbons (Fsp3) is 0.375. The first-order valence-corrected chi connectivity index (χ1v) is 8.72. The predicted molar refractivity (Wildman–Crippen MR) is 88.9 cm³/mol. The zero-order valence-corrected chi connectivity index (χ0v) is 15.1. The summed E-state index contributed by atoms with van der Waals surface area (Å²) in [6, 6.07) is 5.62. The third kappa shape index (κ3) is 3.06. The van der Waals surface area contributed by atoms with E-state index in [0.29, 0.717) is 5.56 Å². The average Bonchev–Trinajstić information content (AvgIpc) is 2.90. The summed E-state index contributed by atoms with van der Waals surface area (Å²) < 4.78 is 25.6. The first kappa shape index (κ1) is 18.1. The van der Waals surface area contributed by atoms with Gasteiger partial charge in [0.15, 0.2) is 10.7 Å². The van der Waals surface area contributed by atoms with Gasteiger partial charge in [-0.1, -0.05) is 17.7 Å². The number of aliphatic hydroxyl groups excluding tert-OH is 1. The van der Waals surface area contributed by atoms with Crippen LogP contribution in [0.3, 0.4) is 0 Å². The first-order valence-electron chi connectivity index (χ1n) is 7.28. The van der Waals surface area contributed by atoms with Gasteiger partial charge in [-0.05, 0) is 37.5 Å². The number of H-pyrrole nitrogens is 1. The van der Waals surface area contributed by atoms with Crippen molar-refractivity contribution in [2.75, 3.05) is 14.1 Å². The highest BCUT2D eigenvalue weighted by atomic mass is 32.2. The van der Waals surface area contributed by atoms with Gasteiger partial charge in [0.25, 0.3) is 10.0 Å². The van der Waals surface area contributed by atoms with Gasteiger partial charge in [-0.3, -0.25) is 0 Å². The second-order valence-corrected chi connectivity index (χ2v) is 8.00. The van der Waals surface area contributed by atoms with Crippen molar-refractivity contribution in [1.82, 2.24) is 14.3 Å². The van der Waals surface area contributed by atoms with Gasteiger partial charge in [0, 0.05) is 14.1 Å². The Labute approximate surface area is 141 Å². The monoisotopic (exact) mass is 348 g/mol. The van der Waals surface area contributed by atoms with E-state index in [1.54, 1.807) is 6.07 Å². The zero-order valence-electron chi connectivity index (χ0n) is 14.2. The van der Waals surface area contributed by atoms with Crippen molar-refractivity contribution in [2.24, 2.45) is 0 Å². The van der Waals surface area contributed by atoms with E-state index in [0.717, 1.165) is 21.0 Å². The molecule has 0 fully saturated rings. The fourth-order valence-electron chi connectivity index (χ4n) is 2.71. The van der Waals surface area contributed by atoms with Crippen LogP contribution in [0.2, 0.25) is 0 Å². The molecular formula is C16H20N4O3S. The van der Waals surface area contributed by atoms with Crippen molar-refractivity contribution in [3.63, 3.8) is 0 Å². The molecule has 1 unspecified atom stereocenters. The maximum absolute atomic E-state index is 12.3. The second kappa shape index (κ2) is 6.36. The third-order valence-electron chi connectivity index (χ3n) is 3.80. The summed E-state index contributed by atoms with van der Waals surface area (Å²) in [4.78, 5) is 6.59. The van der Waals surface area contributed by atoms with E-state index < -0.39 is 16.1 Å². The van der Waals surface area contributed by atoms with Gasteiger partial charge in [0.05, 0.1) is 0 Å². The molecule has 0 aliphatic rings. The van der Waals surface area contributed by atoms with Crippen LogP contribution in [0.1, 0.15) is 39.9 Å². The Hall–Kier alpha value is -2.21. The van der Waals surface area contributed by atoms with Gasteiger partial charge in [-0.25, -0.2) is 17.7 Å². The summed E-state index contributed by atoms with van der Waals surface area (Å²) in [5, 5.41) is 19.5. The van der Waals surface area contributed by atoms with Crippen LogP contribution in [0, 0.1) is 32.1 Å². The van der Waals surface area contributed by atoms with Gasteiger partial charge in [0.1, 0.15) is 18.0 Å². The molecule has 0 amide bonds. The molecule has 0 aliphatic carbocycles. The summed E-state index contributed by atoms with van der Waals surface area (Å²) >= 11 is 0. The number of imidazole rings is 1. The second-order valence-electron chi connectivity index (χ2n) is 5.91. The molecule has 1 heterocycles. The normalized spacial score (nSPS) is 13.1. The number of rotatable bonds is 4. The highest BCUT2D eigenvalue weighted by Crippen LogP contribution is 2.29. The summed E-state index contributed by atoms with van der Waals surface area (Å²) in [6.45, 7) is 5.69. The average molecular weight is 348 g/mol. The predicted octanol–water partition coefficient (Wildman–Crippen LogP) is 1.54. The maximum Gasteiger partial charge on any atom is 0.261 e. The fourth-order valence-corrected chi connectivity index (χ4v) is 3.64. The number of nitriles is 1. The Kier molecular flexibility index (Phi) is 4.80. The lowest BCUT2D eigenvalue weighted by Crippen LogP contribution is -2.23. The van der Waals surface area contributed by atoms with Gasteiger partial charge >= 0.3 is 0 Å². The van der Waals surface area contributed by atoms with Crippen LogP contribution in [-0.2, 0) is 10.0 Å². The number of nitrogens with one attached hydrogen (secondary N) is 1. The molecule has 24 heavy (non-hydrogen) atoms. The lowest BCUT2D eigenvalue weighted by molar-refractivity contribution is 0.209. The number of aryl methyl sites for hydroxylation is 3. The van der Waals surface area contributed by atoms with Crippen molar-refractivity contribution >= 4 is 10.0 Å². The molecule has 7 nitrogen and oxygen atoms in total. The number of benzene rings is 1. The van der Waals surface area contributed by atoms with Gasteiger partial charge in [-0.15, -0.1) is 0 Å². The number of aromatic nitrogens is 2. The lowest BCUT2D eigenvalue weighted by atomic mass is 9.95. The molecule has 2 N–H and O–H groups in total. The van der Waals surface area contributed by atoms with Gasteiger partial charge in [0.2, 0.25) is 0 Å². The Morgan fingerprint density at radius 1 is 1.25 bits per heavy atom. The smallest absolute Gasteiger partial charge is 0.261 e. The molecule has 2 rings (SSSR count). The zero-order chi connectivity index (χ0) is 18.2. The van der Waals surface area contributed by atoms with E-state index in [4.69, 9.17) is 0 Å². The molecule has 1 aromatic carbocycles. The number of hydrogen-bond acceptors (Lipinski definition) is 5. The molecule has 0 saturated heterocycles. The molecule has 0 spiro atoms.